The van der Waals surface area contributed by atoms with E-state index < -0.39 is 0 Å². The van der Waals surface area contributed by atoms with Crippen molar-refractivity contribution in [3.8, 4) is 0 Å². The number of rotatable bonds is 8. The van der Waals surface area contributed by atoms with Gasteiger partial charge in [-0.05, 0) is 50.9 Å². The first-order valence-corrected chi connectivity index (χ1v) is 8.44. The van der Waals surface area contributed by atoms with E-state index in [0.29, 0.717) is 0 Å². The molecule has 1 aliphatic rings. The van der Waals surface area contributed by atoms with Crippen molar-refractivity contribution >= 4 is 0 Å². The molecule has 1 saturated heterocycles. The van der Waals surface area contributed by atoms with Gasteiger partial charge in [-0.15, -0.1) is 0 Å². The van der Waals surface area contributed by atoms with Gasteiger partial charge in [-0.3, -0.25) is 0 Å². The highest BCUT2D eigenvalue weighted by Gasteiger charge is 2.31. The Morgan fingerprint density at radius 3 is 2.48 bits per heavy atom. The molecule has 118 valence electrons. The molecule has 1 aromatic carbocycles. The Bertz CT molecular complexity index is 389. The van der Waals surface area contributed by atoms with Gasteiger partial charge in [-0.2, -0.15) is 0 Å². The Kier molecular flexibility index (Phi) is 6.68. The quantitative estimate of drug-likeness (QED) is 0.773. The van der Waals surface area contributed by atoms with E-state index in [1.165, 1.54) is 37.9 Å². The Morgan fingerprint density at radius 2 is 1.86 bits per heavy atom. The molecule has 3 heteroatoms. The lowest BCUT2D eigenvalue weighted by Crippen LogP contribution is -2.48. The van der Waals surface area contributed by atoms with Gasteiger partial charge in [0.25, 0.3) is 0 Å². The monoisotopic (exact) mass is 290 g/mol. The van der Waals surface area contributed by atoms with Crippen LogP contribution < -0.4 is 5.32 Å². The van der Waals surface area contributed by atoms with E-state index in [4.69, 9.17) is 0 Å². The van der Waals surface area contributed by atoms with Gasteiger partial charge >= 0.3 is 0 Å². The van der Waals surface area contributed by atoms with Crippen molar-refractivity contribution in [3.05, 3.63) is 35.9 Å². The topological polar surface area (TPSA) is 35.5 Å². The summed E-state index contributed by atoms with van der Waals surface area (Å²) < 4.78 is 0. The number of nitrogens with one attached hydrogen (secondary N) is 1. The lowest BCUT2D eigenvalue weighted by molar-refractivity contribution is 0.125. The lowest BCUT2D eigenvalue weighted by atomic mass is 9.86. The van der Waals surface area contributed by atoms with Crippen LogP contribution in [0.5, 0.6) is 0 Å². The molecule has 1 heterocycles. The highest BCUT2D eigenvalue weighted by molar-refractivity contribution is 5.24. The number of benzene rings is 1. The summed E-state index contributed by atoms with van der Waals surface area (Å²) in [6, 6.07) is 10.4. The minimum Gasteiger partial charge on any atom is -0.394 e. The summed E-state index contributed by atoms with van der Waals surface area (Å²) in [4.78, 5) is 2.55. The molecular weight excluding hydrogens is 260 g/mol. The van der Waals surface area contributed by atoms with E-state index in [-0.39, 0.29) is 12.1 Å². The SMILES string of the molecule is CCCNC(CO)(CCN1CCCCC1)c1ccccc1. The molecule has 21 heavy (non-hydrogen) atoms. The van der Waals surface area contributed by atoms with E-state index in [1.54, 1.807) is 0 Å². The number of nitrogens with zero attached hydrogens (tertiary/aromatic N) is 1. The summed E-state index contributed by atoms with van der Waals surface area (Å²) in [6.07, 6.45) is 6.06. The molecule has 1 aromatic rings. The third kappa shape index (κ3) is 4.53. The Hall–Kier alpha value is -0.900. The van der Waals surface area contributed by atoms with Crippen LogP contribution in [-0.2, 0) is 5.54 Å². The summed E-state index contributed by atoms with van der Waals surface area (Å²) in [5.41, 5.74) is 0.910. The second kappa shape index (κ2) is 8.52. The average Bonchev–Trinajstić information content (AvgIpc) is 2.57. The summed E-state index contributed by atoms with van der Waals surface area (Å²) in [5.74, 6) is 0. The highest BCUT2D eigenvalue weighted by atomic mass is 16.3. The molecule has 0 radical (unpaired) electrons. The van der Waals surface area contributed by atoms with Gasteiger partial charge in [-0.25, -0.2) is 0 Å². The van der Waals surface area contributed by atoms with Crippen LogP contribution in [0.1, 0.15) is 44.6 Å². The van der Waals surface area contributed by atoms with Crippen molar-refractivity contribution in [2.24, 2.45) is 0 Å². The molecule has 0 aliphatic carbocycles. The lowest BCUT2D eigenvalue weighted by Gasteiger charge is -2.37. The summed E-state index contributed by atoms with van der Waals surface area (Å²) in [6.45, 7) is 6.76. The fourth-order valence-corrected chi connectivity index (χ4v) is 3.21. The van der Waals surface area contributed by atoms with Crippen molar-refractivity contribution in [2.75, 3.05) is 32.8 Å². The first kappa shape index (κ1) is 16.5. The van der Waals surface area contributed by atoms with Crippen molar-refractivity contribution in [1.29, 1.82) is 0 Å². The molecular formula is C18H30N2O. The fraction of sp³-hybridized carbons (Fsp3) is 0.667. The molecule has 1 fully saturated rings. The van der Waals surface area contributed by atoms with Gasteiger partial charge in [0.15, 0.2) is 0 Å². The zero-order valence-corrected chi connectivity index (χ0v) is 13.4. The van der Waals surface area contributed by atoms with E-state index >= 15 is 0 Å². The van der Waals surface area contributed by atoms with Crippen LogP contribution in [0.2, 0.25) is 0 Å². The molecule has 2 rings (SSSR count). The fourth-order valence-electron chi connectivity index (χ4n) is 3.21. The normalized spacial score (nSPS) is 19.3. The van der Waals surface area contributed by atoms with Crippen molar-refractivity contribution in [3.63, 3.8) is 0 Å². The molecule has 1 atom stereocenters. The molecule has 0 spiro atoms. The van der Waals surface area contributed by atoms with Gasteiger partial charge in [-0.1, -0.05) is 43.7 Å². The van der Waals surface area contributed by atoms with Crippen LogP contribution in [0.25, 0.3) is 0 Å². The minimum atomic E-state index is -0.297. The predicted molar refractivity (Wildman–Crippen MR) is 88.4 cm³/mol. The number of hydrogen-bond donors (Lipinski definition) is 2. The number of likely N-dealkylation sites (tertiary alicyclic amines) is 1. The van der Waals surface area contributed by atoms with Crippen molar-refractivity contribution in [1.82, 2.24) is 10.2 Å². The van der Waals surface area contributed by atoms with Crippen LogP contribution in [0.4, 0.5) is 0 Å². The van der Waals surface area contributed by atoms with Gasteiger partial charge in [0.2, 0.25) is 0 Å². The second-order valence-corrected chi connectivity index (χ2v) is 6.19. The maximum Gasteiger partial charge on any atom is 0.0681 e. The third-order valence-corrected chi connectivity index (χ3v) is 4.61. The third-order valence-electron chi connectivity index (χ3n) is 4.61. The van der Waals surface area contributed by atoms with Gasteiger partial charge in [0.05, 0.1) is 12.1 Å². The second-order valence-electron chi connectivity index (χ2n) is 6.19. The maximum atomic E-state index is 10.1. The Balaban J connectivity index is 2.06. The first-order valence-electron chi connectivity index (χ1n) is 8.44. The molecule has 1 aliphatic heterocycles. The van der Waals surface area contributed by atoms with Gasteiger partial charge in [0, 0.05) is 6.54 Å². The number of aliphatic hydroxyl groups excluding tert-OH is 1. The minimum absolute atomic E-state index is 0.158. The summed E-state index contributed by atoms with van der Waals surface area (Å²) >= 11 is 0. The average molecular weight is 290 g/mol. The molecule has 3 nitrogen and oxygen atoms in total. The summed E-state index contributed by atoms with van der Waals surface area (Å²) in [7, 11) is 0. The zero-order chi connectivity index (χ0) is 15.0. The molecule has 0 saturated carbocycles. The first-order chi connectivity index (χ1) is 10.3. The number of hydrogen-bond acceptors (Lipinski definition) is 3. The highest BCUT2D eigenvalue weighted by Crippen LogP contribution is 2.26. The molecule has 0 bridgehead atoms. The van der Waals surface area contributed by atoms with E-state index in [2.05, 4.69) is 41.4 Å². The molecule has 1 unspecified atom stereocenters. The molecule has 0 amide bonds. The Labute approximate surface area is 129 Å². The van der Waals surface area contributed by atoms with E-state index in [0.717, 1.165) is 25.9 Å². The number of aliphatic hydroxyl groups is 1. The van der Waals surface area contributed by atoms with Gasteiger partial charge in [0.1, 0.15) is 0 Å². The van der Waals surface area contributed by atoms with E-state index in [9.17, 15) is 5.11 Å². The van der Waals surface area contributed by atoms with Crippen LogP contribution >= 0.6 is 0 Å². The van der Waals surface area contributed by atoms with Crippen LogP contribution in [0.3, 0.4) is 0 Å². The van der Waals surface area contributed by atoms with Crippen molar-refractivity contribution in [2.45, 2.75) is 44.6 Å². The van der Waals surface area contributed by atoms with Crippen LogP contribution in [0, 0.1) is 0 Å². The smallest absolute Gasteiger partial charge is 0.0681 e. The van der Waals surface area contributed by atoms with E-state index in [1.807, 2.05) is 6.07 Å². The predicted octanol–water partition coefficient (Wildman–Crippen LogP) is 2.75. The largest absolute Gasteiger partial charge is 0.394 e. The maximum absolute atomic E-state index is 10.1. The molecule has 2 N–H and O–H groups in total. The molecule has 0 aromatic heterocycles. The van der Waals surface area contributed by atoms with Gasteiger partial charge < -0.3 is 15.3 Å². The standard InChI is InChI=1S/C18H30N2O/c1-2-12-19-18(16-21,17-9-5-3-6-10-17)11-15-20-13-7-4-8-14-20/h3,5-6,9-10,19,21H,2,4,7-8,11-16H2,1H3. The zero-order valence-electron chi connectivity index (χ0n) is 13.4. The Morgan fingerprint density at radius 1 is 1.14 bits per heavy atom. The van der Waals surface area contributed by atoms with Crippen molar-refractivity contribution < 1.29 is 5.11 Å². The number of piperidine rings is 1. The van der Waals surface area contributed by atoms with Crippen LogP contribution in [0.15, 0.2) is 30.3 Å². The summed E-state index contributed by atoms with van der Waals surface area (Å²) in [5, 5.41) is 13.7. The van der Waals surface area contributed by atoms with Crippen LogP contribution in [-0.4, -0.2) is 42.8 Å².